The molecule has 1 aliphatic rings. The molecular weight excluding hydrogens is 434 g/mol. The smallest absolute Gasteiger partial charge is 0.239 e. The first-order chi connectivity index (χ1) is 15.2. The van der Waals surface area contributed by atoms with Crippen molar-refractivity contribution in [1.82, 2.24) is 19.9 Å². The van der Waals surface area contributed by atoms with E-state index in [4.69, 9.17) is 14.2 Å². The molecule has 9 nitrogen and oxygen atoms in total. The van der Waals surface area contributed by atoms with Crippen LogP contribution < -0.4 is 10.1 Å². The number of methoxy groups -OCH3 is 1. The van der Waals surface area contributed by atoms with Gasteiger partial charge in [-0.2, -0.15) is 0 Å². The van der Waals surface area contributed by atoms with Crippen LogP contribution in [0.2, 0.25) is 0 Å². The summed E-state index contributed by atoms with van der Waals surface area (Å²) < 4.78 is 16.1. The van der Waals surface area contributed by atoms with Crippen molar-refractivity contribution in [1.29, 1.82) is 0 Å². The summed E-state index contributed by atoms with van der Waals surface area (Å²) >= 11 is 0. The highest BCUT2D eigenvalue weighted by Gasteiger charge is 2.36. The summed E-state index contributed by atoms with van der Waals surface area (Å²) in [6, 6.07) is 5.56. The van der Waals surface area contributed by atoms with Crippen molar-refractivity contribution in [2.24, 2.45) is 0 Å². The standard InChI is InChI=1S/C22H25N5O4.ClH/c1-3-4-18-23-12-16-19(22(28)27-21(16)26-18)20-15-6-5-14(11-17(15)24-13-25-20)31-10-9-30-8-7-29-2;/h5-6,11-13,19H,3-4,7-10H2,1-2H3,(H,23,26,27,28);1H. The number of nitrogens with zero attached hydrogens (tertiary/aromatic N) is 4. The van der Waals surface area contributed by atoms with Gasteiger partial charge >= 0.3 is 0 Å². The number of amides is 1. The molecule has 1 atom stereocenters. The summed E-state index contributed by atoms with van der Waals surface area (Å²) in [4.78, 5) is 30.5. The van der Waals surface area contributed by atoms with Crippen molar-refractivity contribution < 1.29 is 19.0 Å². The topological polar surface area (TPSA) is 108 Å². The zero-order valence-corrected chi connectivity index (χ0v) is 18.9. The number of carbonyl (C=O) groups excluding carboxylic acids is 1. The van der Waals surface area contributed by atoms with Crippen LogP contribution in [0.15, 0.2) is 30.7 Å². The second-order valence-corrected chi connectivity index (χ2v) is 7.15. The first-order valence-electron chi connectivity index (χ1n) is 10.3. The quantitative estimate of drug-likeness (QED) is 0.461. The zero-order valence-electron chi connectivity index (χ0n) is 18.0. The van der Waals surface area contributed by atoms with Crippen LogP contribution in [0.3, 0.4) is 0 Å². The van der Waals surface area contributed by atoms with Crippen LogP contribution in [-0.2, 0) is 20.7 Å². The van der Waals surface area contributed by atoms with E-state index in [1.807, 2.05) is 18.2 Å². The van der Waals surface area contributed by atoms with E-state index < -0.39 is 5.92 Å². The Morgan fingerprint density at radius 2 is 1.94 bits per heavy atom. The average molecular weight is 460 g/mol. The minimum atomic E-state index is -0.572. The molecule has 10 heteroatoms. The predicted molar refractivity (Wildman–Crippen MR) is 121 cm³/mol. The van der Waals surface area contributed by atoms with Gasteiger partial charge in [0.2, 0.25) is 5.91 Å². The van der Waals surface area contributed by atoms with E-state index in [-0.39, 0.29) is 18.3 Å². The number of nitrogens with one attached hydrogen (secondary N) is 1. The third-order valence-electron chi connectivity index (χ3n) is 5.00. The fourth-order valence-corrected chi connectivity index (χ4v) is 3.52. The molecule has 3 aromatic rings. The summed E-state index contributed by atoms with van der Waals surface area (Å²) in [7, 11) is 1.63. The maximum Gasteiger partial charge on any atom is 0.239 e. The van der Waals surface area contributed by atoms with Crippen LogP contribution in [0.4, 0.5) is 5.82 Å². The molecule has 0 aliphatic carbocycles. The van der Waals surface area contributed by atoms with Crippen LogP contribution in [0.25, 0.3) is 10.9 Å². The molecule has 32 heavy (non-hydrogen) atoms. The number of hydrogen-bond donors (Lipinski definition) is 1. The van der Waals surface area contributed by atoms with Gasteiger partial charge in [-0.3, -0.25) is 4.79 Å². The molecule has 0 saturated carbocycles. The Hall–Kier alpha value is -2.88. The predicted octanol–water partition coefficient (Wildman–Crippen LogP) is 2.92. The van der Waals surface area contributed by atoms with E-state index >= 15 is 0 Å². The number of ether oxygens (including phenoxy) is 3. The molecule has 0 radical (unpaired) electrons. The fourth-order valence-electron chi connectivity index (χ4n) is 3.52. The number of carbonyl (C=O) groups is 1. The maximum atomic E-state index is 12.8. The van der Waals surface area contributed by atoms with Gasteiger partial charge in [0.15, 0.2) is 0 Å². The Labute approximate surface area is 192 Å². The molecule has 2 aromatic heterocycles. The van der Waals surface area contributed by atoms with Crippen molar-refractivity contribution in [2.75, 3.05) is 38.9 Å². The molecular formula is C22H26ClN5O4. The highest BCUT2D eigenvalue weighted by Crippen LogP contribution is 2.37. The van der Waals surface area contributed by atoms with Crippen LogP contribution in [-0.4, -0.2) is 59.4 Å². The molecule has 3 heterocycles. The van der Waals surface area contributed by atoms with Crippen LogP contribution in [0, 0.1) is 0 Å². The first-order valence-corrected chi connectivity index (χ1v) is 10.3. The van der Waals surface area contributed by atoms with Gasteiger partial charge in [-0.15, -0.1) is 12.4 Å². The molecule has 4 rings (SSSR count). The highest BCUT2D eigenvalue weighted by molar-refractivity contribution is 6.05. The number of halogens is 1. The van der Waals surface area contributed by atoms with Gasteiger partial charge < -0.3 is 19.5 Å². The molecule has 1 N–H and O–H groups in total. The van der Waals surface area contributed by atoms with E-state index in [9.17, 15) is 4.79 Å². The van der Waals surface area contributed by atoms with Gasteiger partial charge in [0.1, 0.15) is 36.2 Å². The lowest BCUT2D eigenvalue weighted by Crippen LogP contribution is -2.15. The molecule has 1 aliphatic heterocycles. The highest BCUT2D eigenvalue weighted by atomic mass is 35.5. The number of aryl methyl sites for hydroxylation is 1. The number of fused-ring (bicyclic) bond motifs is 2. The van der Waals surface area contributed by atoms with Crippen molar-refractivity contribution in [3.05, 3.63) is 47.8 Å². The van der Waals surface area contributed by atoms with Crippen LogP contribution in [0.5, 0.6) is 5.75 Å². The molecule has 1 unspecified atom stereocenters. The Balaban J connectivity index is 0.00000289. The first kappa shape index (κ1) is 23.8. The maximum absolute atomic E-state index is 12.8. The van der Waals surface area contributed by atoms with Gasteiger partial charge in [0.05, 0.1) is 31.0 Å². The van der Waals surface area contributed by atoms with Crippen LogP contribution in [0.1, 0.15) is 36.3 Å². The number of benzene rings is 1. The largest absolute Gasteiger partial charge is 0.491 e. The van der Waals surface area contributed by atoms with Gasteiger partial charge in [0, 0.05) is 36.7 Å². The molecule has 1 aromatic carbocycles. The third kappa shape index (κ3) is 5.12. The van der Waals surface area contributed by atoms with E-state index in [1.54, 1.807) is 13.3 Å². The monoisotopic (exact) mass is 459 g/mol. The van der Waals surface area contributed by atoms with Gasteiger partial charge in [-0.1, -0.05) is 6.92 Å². The summed E-state index contributed by atoms with van der Waals surface area (Å²) in [6.07, 6.45) is 4.90. The van der Waals surface area contributed by atoms with E-state index in [2.05, 4.69) is 32.2 Å². The SMILES string of the molecule is CCCc1ncc2c(n1)NC(=O)C2c1ncnc2cc(OCCOCCOC)ccc12.Cl. The number of hydrogen-bond acceptors (Lipinski definition) is 8. The van der Waals surface area contributed by atoms with E-state index in [1.165, 1.54) is 6.33 Å². The average Bonchev–Trinajstić information content (AvgIpc) is 3.10. The molecule has 0 fully saturated rings. The van der Waals surface area contributed by atoms with Crippen LogP contribution >= 0.6 is 12.4 Å². The number of anilines is 1. The summed E-state index contributed by atoms with van der Waals surface area (Å²) in [5.41, 5.74) is 2.06. The molecule has 0 spiro atoms. The zero-order chi connectivity index (χ0) is 21.6. The van der Waals surface area contributed by atoms with E-state index in [0.717, 1.165) is 29.6 Å². The van der Waals surface area contributed by atoms with Crippen molar-refractivity contribution in [3.63, 3.8) is 0 Å². The second kappa shape index (κ2) is 11.1. The molecule has 170 valence electrons. The third-order valence-corrected chi connectivity index (χ3v) is 5.00. The fraction of sp³-hybridized carbons (Fsp3) is 0.409. The minimum absolute atomic E-state index is 0. The Morgan fingerprint density at radius 1 is 1.09 bits per heavy atom. The van der Waals surface area contributed by atoms with Gasteiger partial charge in [-0.25, -0.2) is 19.9 Å². The van der Waals surface area contributed by atoms with Gasteiger partial charge in [-0.05, 0) is 18.6 Å². The van der Waals surface area contributed by atoms with Crippen molar-refractivity contribution in [2.45, 2.75) is 25.7 Å². The minimum Gasteiger partial charge on any atom is -0.491 e. The van der Waals surface area contributed by atoms with Crippen molar-refractivity contribution in [3.8, 4) is 5.75 Å². The Bertz CT molecular complexity index is 1080. The lowest BCUT2D eigenvalue weighted by molar-refractivity contribution is -0.116. The summed E-state index contributed by atoms with van der Waals surface area (Å²) in [6.45, 7) is 4.04. The summed E-state index contributed by atoms with van der Waals surface area (Å²) in [5.74, 6) is 1.23. The Morgan fingerprint density at radius 3 is 2.75 bits per heavy atom. The number of aromatic nitrogens is 4. The molecule has 1 amide bonds. The lowest BCUT2D eigenvalue weighted by Gasteiger charge is -2.12. The van der Waals surface area contributed by atoms with E-state index in [0.29, 0.717) is 49.2 Å². The Kier molecular flexibility index (Phi) is 8.26. The van der Waals surface area contributed by atoms with Gasteiger partial charge in [0.25, 0.3) is 0 Å². The summed E-state index contributed by atoms with van der Waals surface area (Å²) in [5, 5.41) is 3.66. The molecule has 0 saturated heterocycles. The number of rotatable bonds is 10. The van der Waals surface area contributed by atoms with Crippen molar-refractivity contribution >= 4 is 35.0 Å². The lowest BCUT2D eigenvalue weighted by atomic mass is 9.96. The molecule has 0 bridgehead atoms. The second-order valence-electron chi connectivity index (χ2n) is 7.15. The normalized spacial score (nSPS) is 14.7.